The molecule has 2 saturated carbocycles. The minimum absolute atomic E-state index is 0.110. The SMILES string of the molecule is C=CCOC(=O)Nc1ccc2cc(C(=O)N[C@H]3CCCC[C@H]3C(=O)NC(C#N)C3CC3)[nH]c2c1. The van der Waals surface area contributed by atoms with Gasteiger partial charge in [-0.05, 0) is 49.8 Å². The molecule has 3 atom stereocenters. The number of carbonyl (C=O) groups excluding carboxylic acids is 3. The van der Waals surface area contributed by atoms with Gasteiger partial charge in [0, 0.05) is 22.6 Å². The van der Waals surface area contributed by atoms with Crippen molar-refractivity contribution >= 4 is 34.5 Å². The molecule has 9 nitrogen and oxygen atoms in total. The summed E-state index contributed by atoms with van der Waals surface area (Å²) < 4.78 is 4.92. The number of hydrogen-bond donors (Lipinski definition) is 4. The van der Waals surface area contributed by atoms with Crippen molar-refractivity contribution in [1.82, 2.24) is 15.6 Å². The molecule has 2 aliphatic rings. The first kappa shape index (κ1) is 23.4. The van der Waals surface area contributed by atoms with Crippen LogP contribution in [0.3, 0.4) is 0 Å². The highest BCUT2D eigenvalue weighted by atomic mass is 16.5. The van der Waals surface area contributed by atoms with E-state index < -0.39 is 12.1 Å². The zero-order valence-corrected chi connectivity index (χ0v) is 18.9. The Kier molecular flexibility index (Phi) is 7.16. The summed E-state index contributed by atoms with van der Waals surface area (Å²) in [6, 6.07) is 8.43. The molecule has 0 saturated heterocycles. The molecule has 4 N–H and O–H groups in total. The van der Waals surface area contributed by atoms with Crippen LogP contribution in [-0.2, 0) is 9.53 Å². The summed E-state index contributed by atoms with van der Waals surface area (Å²) in [6.07, 6.45) is 6.08. The van der Waals surface area contributed by atoms with E-state index in [0.717, 1.165) is 31.1 Å². The maximum atomic E-state index is 13.0. The maximum absolute atomic E-state index is 13.0. The predicted octanol–water partition coefficient (Wildman–Crippen LogP) is 3.61. The Bertz CT molecular complexity index is 1130. The number of ether oxygens (including phenoxy) is 1. The van der Waals surface area contributed by atoms with Crippen LogP contribution in [0.1, 0.15) is 49.0 Å². The van der Waals surface area contributed by atoms with Gasteiger partial charge in [0.05, 0.1) is 12.0 Å². The smallest absolute Gasteiger partial charge is 0.411 e. The van der Waals surface area contributed by atoms with Crippen LogP contribution in [0.25, 0.3) is 10.9 Å². The lowest BCUT2D eigenvalue weighted by molar-refractivity contribution is -0.127. The van der Waals surface area contributed by atoms with E-state index in [9.17, 15) is 19.6 Å². The van der Waals surface area contributed by atoms with E-state index >= 15 is 0 Å². The fourth-order valence-electron chi connectivity index (χ4n) is 4.42. The average Bonchev–Trinajstić information content (AvgIpc) is 3.59. The molecule has 2 aliphatic carbocycles. The van der Waals surface area contributed by atoms with Gasteiger partial charge in [-0.25, -0.2) is 4.79 Å². The minimum atomic E-state index is -0.592. The van der Waals surface area contributed by atoms with Crippen molar-refractivity contribution < 1.29 is 19.1 Å². The number of nitrogens with zero attached hydrogens (tertiary/aromatic N) is 1. The molecule has 3 amide bonds. The molecular formula is C25H29N5O4. The van der Waals surface area contributed by atoms with E-state index in [4.69, 9.17) is 4.74 Å². The number of nitriles is 1. The number of benzene rings is 1. The average molecular weight is 464 g/mol. The van der Waals surface area contributed by atoms with Gasteiger partial charge in [-0.2, -0.15) is 5.26 Å². The molecule has 0 radical (unpaired) electrons. The molecule has 2 fully saturated rings. The first-order valence-electron chi connectivity index (χ1n) is 11.7. The van der Waals surface area contributed by atoms with Gasteiger partial charge in [0.2, 0.25) is 5.91 Å². The van der Waals surface area contributed by atoms with Crippen LogP contribution in [-0.4, -0.2) is 41.6 Å². The van der Waals surface area contributed by atoms with E-state index in [1.54, 1.807) is 24.3 Å². The van der Waals surface area contributed by atoms with Crippen molar-refractivity contribution in [3.05, 3.63) is 42.6 Å². The van der Waals surface area contributed by atoms with Crippen LogP contribution in [0.5, 0.6) is 0 Å². The number of rotatable bonds is 8. The Labute approximate surface area is 197 Å². The highest BCUT2D eigenvalue weighted by Crippen LogP contribution is 2.33. The van der Waals surface area contributed by atoms with Crippen molar-refractivity contribution in [1.29, 1.82) is 5.26 Å². The number of aromatic amines is 1. The van der Waals surface area contributed by atoms with Gasteiger partial charge in [-0.3, -0.25) is 14.9 Å². The topological polar surface area (TPSA) is 136 Å². The Hall–Kier alpha value is -3.80. The molecule has 1 heterocycles. The molecule has 4 rings (SSSR count). The molecular weight excluding hydrogens is 434 g/mol. The Morgan fingerprint density at radius 1 is 1.21 bits per heavy atom. The van der Waals surface area contributed by atoms with Gasteiger partial charge in [0.25, 0.3) is 5.91 Å². The van der Waals surface area contributed by atoms with Crippen LogP contribution in [0.15, 0.2) is 36.9 Å². The predicted molar refractivity (Wildman–Crippen MR) is 127 cm³/mol. The third-order valence-electron chi connectivity index (χ3n) is 6.40. The van der Waals surface area contributed by atoms with Crippen LogP contribution < -0.4 is 16.0 Å². The molecule has 1 unspecified atom stereocenters. The quantitative estimate of drug-likeness (QED) is 0.443. The highest BCUT2D eigenvalue weighted by molar-refractivity contribution is 5.99. The second-order valence-electron chi connectivity index (χ2n) is 8.92. The number of nitrogens with one attached hydrogen (secondary N) is 4. The molecule has 178 valence electrons. The summed E-state index contributed by atoms with van der Waals surface area (Å²) in [4.78, 5) is 40.7. The third kappa shape index (κ3) is 5.57. The van der Waals surface area contributed by atoms with Gasteiger partial charge < -0.3 is 20.4 Å². The largest absolute Gasteiger partial charge is 0.445 e. The van der Waals surface area contributed by atoms with E-state index in [-0.39, 0.29) is 36.3 Å². The van der Waals surface area contributed by atoms with Crippen molar-refractivity contribution in [3.63, 3.8) is 0 Å². The number of amides is 3. The summed E-state index contributed by atoms with van der Waals surface area (Å²) in [7, 11) is 0. The second kappa shape index (κ2) is 10.4. The van der Waals surface area contributed by atoms with E-state index in [2.05, 4.69) is 33.6 Å². The van der Waals surface area contributed by atoms with Crippen LogP contribution in [0.4, 0.5) is 10.5 Å². The number of fused-ring (bicyclic) bond motifs is 1. The maximum Gasteiger partial charge on any atom is 0.411 e. The van der Waals surface area contributed by atoms with Crippen LogP contribution >= 0.6 is 0 Å². The minimum Gasteiger partial charge on any atom is -0.445 e. The zero-order chi connectivity index (χ0) is 24.1. The fourth-order valence-corrected chi connectivity index (χ4v) is 4.42. The van der Waals surface area contributed by atoms with Gasteiger partial charge in [-0.15, -0.1) is 0 Å². The number of hydrogen-bond acceptors (Lipinski definition) is 5. The van der Waals surface area contributed by atoms with Crippen molar-refractivity contribution in [3.8, 4) is 6.07 Å². The lowest BCUT2D eigenvalue weighted by Crippen LogP contribution is -2.50. The number of aromatic nitrogens is 1. The van der Waals surface area contributed by atoms with Crippen LogP contribution in [0, 0.1) is 23.2 Å². The molecule has 0 aliphatic heterocycles. The lowest BCUT2D eigenvalue weighted by Gasteiger charge is -2.31. The summed E-state index contributed by atoms with van der Waals surface area (Å²) in [5.41, 5.74) is 1.59. The molecule has 1 aromatic carbocycles. The molecule has 2 aromatic rings. The Morgan fingerprint density at radius 3 is 2.74 bits per heavy atom. The Morgan fingerprint density at radius 2 is 2.00 bits per heavy atom. The summed E-state index contributed by atoms with van der Waals surface area (Å²) >= 11 is 0. The molecule has 34 heavy (non-hydrogen) atoms. The van der Waals surface area contributed by atoms with Crippen LogP contribution in [0.2, 0.25) is 0 Å². The van der Waals surface area contributed by atoms with Crippen molar-refractivity contribution in [2.24, 2.45) is 11.8 Å². The standard InChI is InChI=1S/C25H29N5O4/c1-2-11-34-25(33)27-17-10-9-16-12-21(28-20(16)13-17)24(32)29-19-6-4-3-5-18(19)23(31)30-22(14-26)15-7-8-15/h2,9-10,12-13,15,18-19,22,28H,1,3-8,11H2,(H,27,33)(H,29,32)(H,30,31)/t18-,19+,22?/m1/s1. The zero-order valence-electron chi connectivity index (χ0n) is 18.9. The van der Waals surface area contributed by atoms with E-state index in [1.807, 2.05) is 0 Å². The monoisotopic (exact) mass is 463 g/mol. The summed E-state index contributed by atoms with van der Waals surface area (Å²) in [6.45, 7) is 3.61. The second-order valence-corrected chi connectivity index (χ2v) is 8.92. The Balaban J connectivity index is 1.41. The fraction of sp³-hybridized carbons (Fsp3) is 0.440. The lowest BCUT2D eigenvalue weighted by atomic mass is 9.83. The molecule has 0 spiro atoms. The van der Waals surface area contributed by atoms with E-state index in [0.29, 0.717) is 29.7 Å². The number of H-pyrrole nitrogens is 1. The molecule has 1 aromatic heterocycles. The normalized spacial score (nSPS) is 20.6. The number of carbonyl (C=O) groups is 3. The van der Waals surface area contributed by atoms with Crippen molar-refractivity contribution in [2.45, 2.75) is 50.6 Å². The first-order chi connectivity index (χ1) is 16.5. The molecule has 9 heteroatoms. The van der Waals surface area contributed by atoms with Gasteiger partial charge in [0.1, 0.15) is 18.3 Å². The molecule has 0 bridgehead atoms. The first-order valence-corrected chi connectivity index (χ1v) is 11.7. The number of anilines is 1. The van der Waals surface area contributed by atoms with E-state index in [1.165, 1.54) is 6.08 Å². The summed E-state index contributed by atoms with van der Waals surface area (Å²) in [5, 5.41) is 18.7. The van der Waals surface area contributed by atoms with Gasteiger partial charge in [0.15, 0.2) is 0 Å². The highest BCUT2D eigenvalue weighted by Gasteiger charge is 2.37. The third-order valence-corrected chi connectivity index (χ3v) is 6.40. The summed E-state index contributed by atoms with van der Waals surface area (Å²) in [5.74, 6) is -0.548. The van der Waals surface area contributed by atoms with Gasteiger partial charge >= 0.3 is 6.09 Å². The van der Waals surface area contributed by atoms with Gasteiger partial charge in [-0.1, -0.05) is 31.6 Å². The van der Waals surface area contributed by atoms with Crippen molar-refractivity contribution in [2.75, 3.05) is 11.9 Å².